The molecule has 1 unspecified atom stereocenters. The van der Waals surface area contributed by atoms with E-state index in [4.69, 9.17) is 23.2 Å². The summed E-state index contributed by atoms with van der Waals surface area (Å²) in [5, 5.41) is 0.235. The van der Waals surface area contributed by atoms with Gasteiger partial charge in [0.1, 0.15) is 4.90 Å². The molecule has 0 N–H and O–H groups in total. The van der Waals surface area contributed by atoms with Crippen molar-refractivity contribution < 1.29 is 8.42 Å². The molecule has 0 bridgehead atoms. The molecule has 1 fully saturated rings. The zero-order chi connectivity index (χ0) is 15.6. The number of hydrogen-bond donors (Lipinski definition) is 0. The molecule has 0 spiro atoms. The number of halogens is 2. The van der Waals surface area contributed by atoms with E-state index in [0.717, 1.165) is 25.1 Å². The van der Waals surface area contributed by atoms with Crippen molar-refractivity contribution in [2.45, 2.75) is 17.2 Å². The monoisotopic (exact) mass is 350 g/mol. The molecule has 0 aromatic heterocycles. The van der Waals surface area contributed by atoms with E-state index in [1.54, 1.807) is 25.2 Å². The Labute approximate surface area is 136 Å². The lowest BCUT2D eigenvalue weighted by molar-refractivity contribution is 0.357. The fourth-order valence-corrected chi connectivity index (χ4v) is 4.57. The standard InChI is InChI=1S/C14H20Cl2N2O2S/c1-17-6-5-12(9-17)10-18(2)21(19,20)14-7-11(8-15)3-4-13(14)16/h3-4,7,12H,5-6,8-10H2,1-2H3. The fourth-order valence-electron chi connectivity index (χ4n) is 2.63. The van der Waals surface area contributed by atoms with Gasteiger partial charge in [-0.25, -0.2) is 12.7 Å². The second-order valence-electron chi connectivity index (χ2n) is 5.60. The summed E-state index contributed by atoms with van der Waals surface area (Å²) >= 11 is 11.8. The molecule has 1 aromatic rings. The largest absolute Gasteiger partial charge is 0.306 e. The van der Waals surface area contributed by atoms with Gasteiger partial charge in [-0.1, -0.05) is 17.7 Å². The predicted octanol–water partition coefficient (Wildman–Crippen LogP) is 2.65. The van der Waals surface area contributed by atoms with Crippen molar-refractivity contribution in [2.24, 2.45) is 5.92 Å². The second kappa shape index (κ2) is 6.84. The highest BCUT2D eigenvalue weighted by Crippen LogP contribution is 2.27. The van der Waals surface area contributed by atoms with Gasteiger partial charge in [-0.05, 0) is 43.6 Å². The highest BCUT2D eigenvalue weighted by Gasteiger charge is 2.28. The first-order chi connectivity index (χ1) is 9.84. The van der Waals surface area contributed by atoms with Crippen LogP contribution in [-0.2, 0) is 15.9 Å². The van der Waals surface area contributed by atoms with Crippen molar-refractivity contribution in [1.82, 2.24) is 9.21 Å². The van der Waals surface area contributed by atoms with Gasteiger partial charge >= 0.3 is 0 Å². The maximum atomic E-state index is 12.7. The topological polar surface area (TPSA) is 40.6 Å². The smallest absolute Gasteiger partial charge is 0.244 e. The average Bonchev–Trinajstić information content (AvgIpc) is 2.84. The summed E-state index contributed by atoms with van der Waals surface area (Å²) in [6, 6.07) is 4.88. The SMILES string of the molecule is CN1CCC(CN(C)S(=O)(=O)c2cc(CCl)ccc2Cl)C1. The number of alkyl halides is 1. The minimum Gasteiger partial charge on any atom is -0.306 e. The molecular formula is C14H20Cl2N2O2S. The van der Waals surface area contributed by atoms with E-state index in [9.17, 15) is 8.42 Å². The number of rotatable bonds is 5. The van der Waals surface area contributed by atoms with Gasteiger partial charge in [0.05, 0.1) is 5.02 Å². The van der Waals surface area contributed by atoms with E-state index in [-0.39, 0.29) is 15.8 Å². The maximum absolute atomic E-state index is 12.7. The molecular weight excluding hydrogens is 331 g/mol. The average molecular weight is 351 g/mol. The summed E-state index contributed by atoms with van der Waals surface area (Å²) < 4.78 is 26.7. The summed E-state index contributed by atoms with van der Waals surface area (Å²) in [7, 11) is 0.0764. The Bertz CT molecular complexity index is 607. The van der Waals surface area contributed by atoms with E-state index >= 15 is 0 Å². The molecule has 1 saturated heterocycles. The number of benzene rings is 1. The Morgan fingerprint density at radius 1 is 1.43 bits per heavy atom. The van der Waals surface area contributed by atoms with Crippen molar-refractivity contribution in [1.29, 1.82) is 0 Å². The zero-order valence-electron chi connectivity index (χ0n) is 12.2. The van der Waals surface area contributed by atoms with E-state index in [0.29, 0.717) is 12.5 Å². The van der Waals surface area contributed by atoms with Crippen molar-refractivity contribution in [3.05, 3.63) is 28.8 Å². The number of hydrogen-bond acceptors (Lipinski definition) is 3. The Morgan fingerprint density at radius 2 is 2.14 bits per heavy atom. The summed E-state index contributed by atoms with van der Waals surface area (Å²) in [6.45, 7) is 2.45. The highest BCUT2D eigenvalue weighted by atomic mass is 35.5. The van der Waals surface area contributed by atoms with Gasteiger partial charge in [-0.15, -0.1) is 11.6 Å². The van der Waals surface area contributed by atoms with E-state index in [1.807, 2.05) is 0 Å². The summed E-state index contributed by atoms with van der Waals surface area (Å²) in [5.41, 5.74) is 0.744. The van der Waals surface area contributed by atoms with Crippen molar-refractivity contribution >= 4 is 33.2 Å². The van der Waals surface area contributed by atoms with Gasteiger partial charge < -0.3 is 4.90 Å². The predicted molar refractivity (Wildman–Crippen MR) is 86.4 cm³/mol. The molecule has 7 heteroatoms. The van der Waals surface area contributed by atoms with E-state index < -0.39 is 10.0 Å². The van der Waals surface area contributed by atoms with Crippen molar-refractivity contribution in [3.8, 4) is 0 Å². The van der Waals surface area contributed by atoms with Crippen LogP contribution in [0.5, 0.6) is 0 Å². The van der Waals surface area contributed by atoms with Crippen LogP contribution in [0.2, 0.25) is 5.02 Å². The second-order valence-corrected chi connectivity index (χ2v) is 8.29. The van der Waals surface area contributed by atoms with E-state index in [2.05, 4.69) is 11.9 Å². The van der Waals surface area contributed by atoms with Crippen LogP contribution in [0, 0.1) is 5.92 Å². The van der Waals surface area contributed by atoms with Crippen LogP contribution in [0.1, 0.15) is 12.0 Å². The normalized spacial score (nSPS) is 20.3. The molecule has 2 rings (SSSR count). The first kappa shape index (κ1) is 17.0. The third kappa shape index (κ3) is 3.90. The van der Waals surface area contributed by atoms with Crippen LogP contribution < -0.4 is 0 Å². The molecule has 1 aliphatic heterocycles. The van der Waals surface area contributed by atoms with Crippen LogP contribution in [0.15, 0.2) is 23.1 Å². The van der Waals surface area contributed by atoms with Gasteiger partial charge in [0, 0.05) is 26.0 Å². The third-order valence-corrected chi connectivity index (χ3v) is 6.46. The third-order valence-electron chi connectivity index (χ3n) is 3.84. The molecule has 0 saturated carbocycles. The Balaban J connectivity index is 2.20. The molecule has 4 nitrogen and oxygen atoms in total. The molecule has 1 heterocycles. The van der Waals surface area contributed by atoms with Gasteiger partial charge in [0.15, 0.2) is 0 Å². The molecule has 0 amide bonds. The van der Waals surface area contributed by atoms with Crippen LogP contribution in [-0.4, -0.2) is 51.4 Å². The lowest BCUT2D eigenvalue weighted by Gasteiger charge is -2.21. The van der Waals surface area contributed by atoms with Gasteiger partial charge in [0.2, 0.25) is 10.0 Å². The lowest BCUT2D eigenvalue weighted by atomic mass is 10.1. The maximum Gasteiger partial charge on any atom is 0.244 e. The number of likely N-dealkylation sites (tertiary alicyclic amines) is 1. The molecule has 1 aromatic carbocycles. The quantitative estimate of drug-likeness (QED) is 0.766. The molecule has 0 aliphatic carbocycles. The lowest BCUT2D eigenvalue weighted by Crippen LogP contribution is -2.33. The van der Waals surface area contributed by atoms with Crippen molar-refractivity contribution in [3.63, 3.8) is 0 Å². The fraction of sp³-hybridized carbons (Fsp3) is 0.571. The molecule has 1 atom stereocenters. The van der Waals surface area contributed by atoms with Crippen molar-refractivity contribution in [2.75, 3.05) is 33.7 Å². The van der Waals surface area contributed by atoms with Gasteiger partial charge in [-0.3, -0.25) is 0 Å². The van der Waals surface area contributed by atoms with Crippen LogP contribution in [0.4, 0.5) is 0 Å². The minimum absolute atomic E-state index is 0.135. The number of nitrogens with zero attached hydrogens (tertiary/aromatic N) is 2. The molecule has 118 valence electrons. The molecule has 1 aliphatic rings. The van der Waals surface area contributed by atoms with Crippen LogP contribution in [0.3, 0.4) is 0 Å². The van der Waals surface area contributed by atoms with Gasteiger partial charge in [0.25, 0.3) is 0 Å². The number of sulfonamides is 1. The highest BCUT2D eigenvalue weighted by molar-refractivity contribution is 7.89. The van der Waals surface area contributed by atoms with E-state index in [1.165, 1.54) is 4.31 Å². The minimum atomic E-state index is -3.58. The summed E-state index contributed by atoms with van der Waals surface area (Å²) in [6.07, 6.45) is 1.02. The molecule has 21 heavy (non-hydrogen) atoms. The Kier molecular flexibility index (Phi) is 5.54. The molecule has 0 radical (unpaired) electrons. The summed E-state index contributed by atoms with van der Waals surface area (Å²) in [4.78, 5) is 2.35. The van der Waals surface area contributed by atoms with Crippen LogP contribution in [0.25, 0.3) is 0 Å². The first-order valence-corrected chi connectivity index (χ1v) is 9.19. The Morgan fingerprint density at radius 3 is 2.71 bits per heavy atom. The zero-order valence-corrected chi connectivity index (χ0v) is 14.5. The summed E-state index contributed by atoms with van der Waals surface area (Å²) in [5.74, 6) is 0.626. The van der Waals surface area contributed by atoms with Crippen LogP contribution >= 0.6 is 23.2 Å². The Hall–Kier alpha value is -0.330. The van der Waals surface area contributed by atoms with Gasteiger partial charge in [-0.2, -0.15) is 0 Å². The first-order valence-electron chi connectivity index (χ1n) is 6.84.